The quantitative estimate of drug-likeness (QED) is 0.225. The lowest BCUT2D eigenvalue weighted by molar-refractivity contribution is -0.122. The van der Waals surface area contributed by atoms with Gasteiger partial charge < -0.3 is 21.5 Å². The number of fused-ring (bicyclic) bond motifs is 2. The Balaban J connectivity index is 1.25. The number of amides is 4. The van der Waals surface area contributed by atoms with Gasteiger partial charge in [-0.2, -0.15) is 0 Å². The summed E-state index contributed by atoms with van der Waals surface area (Å²) in [5, 5.41) is 10.2. The van der Waals surface area contributed by atoms with E-state index in [4.69, 9.17) is 16.2 Å². The molecule has 37 heavy (non-hydrogen) atoms. The third-order valence-electron chi connectivity index (χ3n) is 6.01. The number of carbonyl (C=O) groups is 3. The number of hydrogen-bond donors (Lipinski definition) is 4. The van der Waals surface area contributed by atoms with Gasteiger partial charge in [-0.1, -0.05) is 42.5 Å². The van der Waals surface area contributed by atoms with Crippen LogP contribution in [0.4, 0.5) is 4.79 Å². The number of ether oxygens (including phenoxy) is 1. The maximum atomic E-state index is 12.5. The average molecular weight is 519 g/mol. The Morgan fingerprint density at radius 1 is 0.946 bits per heavy atom. The van der Waals surface area contributed by atoms with Crippen LogP contribution in [-0.4, -0.2) is 37.0 Å². The molecular formula is C28H30N4O4S. The second kappa shape index (κ2) is 12.3. The van der Waals surface area contributed by atoms with Gasteiger partial charge >= 0.3 is 6.03 Å². The van der Waals surface area contributed by atoms with Crippen LogP contribution in [0, 0.1) is 0 Å². The first-order valence-electron chi connectivity index (χ1n) is 12.1. The Morgan fingerprint density at radius 2 is 1.68 bits per heavy atom. The Morgan fingerprint density at radius 3 is 2.46 bits per heavy atom. The van der Waals surface area contributed by atoms with Gasteiger partial charge in [0.2, 0.25) is 11.8 Å². The molecule has 3 aromatic carbocycles. The molecule has 0 aliphatic rings. The highest BCUT2D eigenvalue weighted by Gasteiger charge is 2.16. The molecule has 0 spiro atoms. The van der Waals surface area contributed by atoms with E-state index in [0.717, 1.165) is 21.7 Å². The van der Waals surface area contributed by atoms with Crippen LogP contribution >= 0.6 is 11.3 Å². The van der Waals surface area contributed by atoms with Gasteiger partial charge in [0, 0.05) is 16.8 Å². The number of hydrogen-bond acceptors (Lipinski definition) is 6. The van der Waals surface area contributed by atoms with Gasteiger partial charge in [-0.3, -0.25) is 14.9 Å². The molecule has 6 N–H and O–H groups in total. The molecule has 0 saturated carbocycles. The minimum Gasteiger partial charge on any atom is -0.493 e. The molecule has 0 unspecified atom stereocenters. The van der Waals surface area contributed by atoms with Crippen molar-refractivity contribution in [3.63, 3.8) is 0 Å². The molecule has 0 fully saturated rings. The van der Waals surface area contributed by atoms with Crippen molar-refractivity contribution in [3.05, 3.63) is 77.2 Å². The number of nitrogens with two attached hydrogens (primary N) is 2. The maximum Gasteiger partial charge on any atom is 0.318 e. The van der Waals surface area contributed by atoms with E-state index in [1.807, 2.05) is 48.5 Å². The van der Waals surface area contributed by atoms with Crippen molar-refractivity contribution in [1.82, 2.24) is 10.6 Å². The van der Waals surface area contributed by atoms with E-state index in [9.17, 15) is 14.4 Å². The molecule has 0 radical (unpaired) electrons. The van der Waals surface area contributed by atoms with Crippen molar-refractivity contribution >= 4 is 50.0 Å². The summed E-state index contributed by atoms with van der Waals surface area (Å²) in [6, 6.07) is 18.1. The van der Waals surface area contributed by atoms with E-state index in [-0.39, 0.29) is 12.3 Å². The SMILES string of the molecule is NC(=O)NC(=O)Cc1cc2ccccc2cc1OCCCCNC(=O)[C@@H](N)Cc1csc2ccccc12. The summed E-state index contributed by atoms with van der Waals surface area (Å²) in [6.07, 6.45) is 1.87. The molecule has 9 heteroatoms. The topological polar surface area (TPSA) is 137 Å². The number of unbranched alkanes of at least 4 members (excludes halogenated alkanes) is 1. The van der Waals surface area contributed by atoms with Gasteiger partial charge in [-0.05, 0) is 64.6 Å². The van der Waals surface area contributed by atoms with E-state index >= 15 is 0 Å². The number of carbonyl (C=O) groups excluding carboxylic acids is 3. The predicted octanol–water partition coefficient (Wildman–Crippen LogP) is 3.64. The summed E-state index contributed by atoms with van der Waals surface area (Å²) in [5.41, 5.74) is 13.0. The molecule has 0 aliphatic carbocycles. The molecule has 0 saturated heterocycles. The Kier molecular flexibility index (Phi) is 8.71. The fraction of sp³-hybridized carbons (Fsp3) is 0.250. The monoisotopic (exact) mass is 518 g/mol. The van der Waals surface area contributed by atoms with Crippen LogP contribution in [0.3, 0.4) is 0 Å². The molecule has 0 aliphatic heterocycles. The highest BCUT2D eigenvalue weighted by Crippen LogP contribution is 2.28. The fourth-order valence-corrected chi connectivity index (χ4v) is 5.14. The second-order valence-electron chi connectivity index (χ2n) is 8.81. The van der Waals surface area contributed by atoms with Crippen molar-refractivity contribution in [1.29, 1.82) is 0 Å². The molecule has 192 valence electrons. The first kappa shape index (κ1) is 26.1. The smallest absolute Gasteiger partial charge is 0.318 e. The largest absolute Gasteiger partial charge is 0.493 e. The number of nitrogens with one attached hydrogen (secondary N) is 2. The van der Waals surface area contributed by atoms with Crippen LogP contribution in [-0.2, 0) is 22.4 Å². The first-order valence-corrected chi connectivity index (χ1v) is 13.0. The number of urea groups is 1. The van der Waals surface area contributed by atoms with Gasteiger partial charge in [-0.15, -0.1) is 11.3 Å². The summed E-state index contributed by atoms with van der Waals surface area (Å²) in [7, 11) is 0. The second-order valence-corrected chi connectivity index (χ2v) is 9.72. The van der Waals surface area contributed by atoms with Gasteiger partial charge in [0.25, 0.3) is 0 Å². The van der Waals surface area contributed by atoms with Crippen LogP contribution in [0.1, 0.15) is 24.0 Å². The fourth-order valence-electron chi connectivity index (χ4n) is 4.17. The number of thiophene rings is 1. The molecule has 8 nitrogen and oxygen atoms in total. The Bertz CT molecular complexity index is 1420. The van der Waals surface area contributed by atoms with Crippen LogP contribution < -0.4 is 26.8 Å². The van der Waals surface area contributed by atoms with Crippen LogP contribution in [0.25, 0.3) is 20.9 Å². The van der Waals surface area contributed by atoms with Crippen LogP contribution in [0.15, 0.2) is 66.0 Å². The zero-order valence-electron chi connectivity index (χ0n) is 20.4. The highest BCUT2D eigenvalue weighted by molar-refractivity contribution is 7.17. The van der Waals surface area contributed by atoms with Gasteiger partial charge in [0.15, 0.2) is 0 Å². The van der Waals surface area contributed by atoms with Crippen LogP contribution in [0.5, 0.6) is 5.75 Å². The Hall–Kier alpha value is -3.95. The van der Waals surface area contributed by atoms with E-state index < -0.39 is 18.0 Å². The van der Waals surface area contributed by atoms with Gasteiger partial charge in [0.05, 0.1) is 19.1 Å². The summed E-state index contributed by atoms with van der Waals surface area (Å²) >= 11 is 1.66. The predicted molar refractivity (Wildman–Crippen MR) is 147 cm³/mol. The van der Waals surface area contributed by atoms with Crippen LogP contribution in [0.2, 0.25) is 0 Å². The molecule has 4 aromatic rings. The summed E-state index contributed by atoms with van der Waals surface area (Å²) in [5.74, 6) is -0.0945. The summed E-state index contributed by atoms with van der Waals surface area (Å²) in [4.78, 5) is 35.6. The average Bonchev–Trinajstić information content (AvgIpc) is 3.28. The molecule has 0 bridgehead atoms. The zero-order chi connectivity index (χ0) is 26.2. The van der Waals surface area contributed by atoms with E-state index in [1.54, 1.807) is 11.3 Å². The minimum absolute atomic E-state index is 0.0313. The normalized spacial score (nSPS) is 11.8. The molecule has 1 heterocycles. The third-order valence-corrected chi connectivity index (χ3v) is 7.02. The minimum atomic E-state index is -0.890. The molecule has 4 rings (SSSR count). The lowest BCUT2D eigenvalue weighted by atomic mass is 10.0. The first-order chi connectivity index (χ1) is 17.9. The summed E-state index contributed by atoms with van der Waals surface area (Å²) < 4.78 is 7.17. The third kappa shape index (κ3) is 7.05. The zero-order valence-corrected chi connectivity index (χ0v) is 21.2. The van der Waals surface area contributed by atoms with Crippen molar-refractivity contribution in [2.45, 2.75) is 31.7 Å². The number of primary amides is 1. The molecular weight excluding hydrogens is 488 g/mol. The molecule has 1 aromatic heterocycles. The van der Waals surface area contributed by atoms with Gasteiger partial charge in [-0.25, -0.2) is 4.79 Å². The standard InChI is InChI=1S/C28H30N4O4S/c29-23(14-21-17-37-25-10-4-3-9-22(21)25)27(34)31-11-5-6-12-36-24-15-19-8-2-1-7-18(19)13-20(24)16-26(33)32-28(30)35/h1-4,7-10,13,15,17,23H,5-6,11-12,14,16,29H2,(H,31,34)(H3,30,32,33,35)/t23-/m0/s1. The van der Waals surface area contributed by atoms with E-state index in [2.05, 4.69) is 28.1 Å². The summed E-state index contributed by atoms with van der Waals surface area (Å²) in [6.45, 7) is 0.900. The maximum absolute atomic E-state index is 12.5. The highest BCUT2D eigenvalue weighted by atomic mass is 32.1. The lowest BCUT2D eigenvalue weighted by Crippen LogP contribution is -2.42. The number of imide groups is 1. The number of rotatable bonds is 11. The van der Waals surface area contributed by atoms with Crippen molar-refractivity contribution in [2.75, 3.05) is 13.2 Å². The molecule has 1 atom stereocenters. The van der Waals surface area contributed by atoms with E-state index in [0.29, 0.717) is 43.7 Å². The van der Waals surface area contributed by atoms with Gasteiger partial charge in [0.1, 0.15) is 5.75 Å². The lowest BCUT2D eigenvalue weighted by Gasteiger charge is -2.14. The van der Waals surface area contributed by atoms with Crippen molar-refractivity contribution in [3.8, 4) is 5.75 Å². The number of benzene rings is 3. The van der Waals surface area contributed by atoms with Crippen molar-refractivity contribution < 1.29 is 19.1 Å². The molecule has 4 amide bonds. The van der Waals surface area contributed by atoms with E-state index in [1.165, 1.54) is 4.70 Å². The Labute approximate surface area is 219 Å². The van der Waals surface area contributed by atoms with Crippen molar-refractivity contribution in [2.24, 2.45) is 11.5 Å².